The van der Waals surface area contributed by atoms with Gasteiger partial charge in [-0.25, -0.2) is 4.79 Å². The van der Waals surface area contributed by atoms with Crippen molar-refractivity contribution in [2.24, 2.45) is 0 Å². The van der Waals surface area contributed by atoms with E-state index < -0.39 is 11.9 Å². The zero-order valence-electron chi connectivity index (χ0n) is 10.6. The Labute approximate surface area is 130 Å². The number of benzene rings is 2. The van der Waals surface area contributed by atoms with Gasteiger partial charge < -0.3 is 16.2 Å². The molecule has 108 valence electrons. The van der Waals surface area contributed by atoms with Crippen LogP contribution in [0.2, 0.25) is 10.0 Å². The van der Waals surface area contributed by atoms with E-state index in [0.717, 1.165) is 0 Å². The molecule has 21 heavy (non-hydrogen) atoms. The number of rotatable bonds is 3. The van der Waals surface area contributed by atoms with Gasteiger partial charge in [-0.3, -0.25) is 4.79 Å². The maximum absolute atomic E-state index is 12.1. The van der Waals surface area contributed by atoms with Gasteiger partial charge in [-0.1, -0.05) is 23.2 Å². The second kappa shape index (κ2) is 6.03. The first kappa shape index (κ1) is 15.2. The molecule has 0 atom stereocenters. The highest BCUT2D eigenvalue weighted by Crippen LogP contribution is 2.24. The molecule has 0 unspecified atom stereocenters. The molecule has 0 aliphatic heterocycles. The number of carboxylic acids is 1. The summed E-state index contributed by atoms with van der Waals surface area (Å²) in [5.41, 5.74) is 6.58. The van der Waals surface area contributed by atoms with Crippen LogP contribution in [0.5, 0.6) is 0 Å². The van der Waals surface area contributed by atoms with Gasteiger partial charge in [-0.2, -0.15) is 0 Å². The van der Waals surface area contributed by atoms with E-state index in [-0.39, 0.29) is 16.1 Å². The Balaban J connectivity index is 2.25. The SMILES string of the molecule is Nc1cc(Cl)cc(C(=O)Nc2ccc(C(=O)O)cc2Cl)c1. The van der Waals surface area contributed by atoms with Crippen molar-refractivity contribution < 1.29 is 14.7 Å². The quantitative estimate of drug-likeness (QED) is 0.753. The van der Waals surface area contributed by atoms with E-state index in [1.807, 2.05) is 0 Å². The molecule has 4 N–H and O–H groups in total. The zero-order chi connectivity index (χ0) is 15.6. The summed E-state index contributed by atoms with van der Waals surface area (Å²) in [5, 5.41) is 11.9. The van der Waals surface area contributed by atoms with Crippen molar-refractivity contribution in [1.82, 2.24) is 0 Å². The second-order valence-corrected chi connectivity index (χ2v) is 5.07. The third-order valence-corrected chi connectivity index (χ3v) is 3.18. The number of carboxylic acid groups (broad SMARTS) is 1. The number of carbonyl (C=O) groups is 2. The van der Waals surface area contributed by atoms with Gasteiger partial charge in [0.1, 0.15) is 0 Å². The van der Waals surface area contributed by atoms with Crippen molar-refractivity contribution in [2.75, 3.05) is 11.1 Å². The van der Waals surface area contributed by atoms with Gasteiger partial charge in [0.05, 0.1) is 16.3 Å². The fourth-order valence-corrected chi connectivity index (χ4v) is 2.16. The smallest absolute Gasteiger partial charge is 0.335 e. The van der Waals surface area contributed by atoms with E-state index in [9.17, 15) is 9.59 Å². The molecule has 2 aromatic carbocycles. The topological polar surface area (TPSA) is 92.4 Å². The van der Waals surface area contributed by atoms with Crippen molar-refractivity contribution in [2.45, 2.75) is 0 Å². The van der Waals surface area contributed by atoms with Crippen molar-refractivity contribution >= 4 is 46.5 Å². The van der Waals surface area contributed by atoms with Gasteiger partial charge >= 0.3 is 5.97 Å². The van der Waals surface area contributed by atoms with Crippen LogP contribution in [0.1, 0.15) is 20.7 Å². The molecular formula is C14H10Cl2N2O3. The van der Waals surface area contributed by atoms with Crippen molar-refractivity contribution in [3.63, 3.8) is 0 Å². The Morgan fingerprint density at radius 3 is 2.33 bits per heavy atom. The highest BCUT2D eigenvalue weighted by Gasteiger charge is 2.12. The molecule has 1 amide bonds. The standard InChI is InChI=1S/C14H10Cl2N2O3/c15-9-3-8(4-10(17)6-9)13(19)18-12-2-1-7(14(20)21)5-11(12)16/h1-6H,17H2,(H,18,19)(H,20,21). The molecule has 2 aromatic rings. The highest BCUT2D eigenvalue weighted by molar-refractivity contribution is 6.34. The number of aromatic carboxylic acids is 1. The van der Waals surface area contributed by atoms with E-state index in [4.69, 9.17) is 34.0 Å². The van der Waals surface area contributed by atoms with Crippen LogP contribution in [0.4, 0.5) is 11.4 Å². The monoisotopic (exact) mass is 324 g/mol. The molecular weight excluding hydrogens is 315 g/mol. The predicted molar refractivity (Wildman–Crippen MR) is 82.2 cm³/mol. The summed E-state index contributed by atoms with van der Waals surface area (Å²) in [4.78, 5) is 22.9. The van der Waals surface area contributed by atoms with Gasteiger partial charge in [-0.15, -0.1) is 0 Å². The lowest BCUT2D eigenvalue weighted by Gasteiger charge is -2.09. The Kier molecular flexibility index (Phi) is 4.35. The summed E-state index contributed by atoms with van der Waals surface area (Å²) in [7, 11) is 0. The number of nitrogens with two attached hydrogens (primary N) is 1. The lowest BCUT2D eigenvalue weighted by Crippen LogP contribution is -2.13. The van der Waals surface area contributed by atoms with Crippen LogP contribution in [-0.4, -0.2) is 17.0 Å². The Morgan fingerprint density at radius 2 is 1.76 bits per heavy atom. The van der Waals surface area contributed by atoms with E-state index in [1.165, 1.54) is 36.4 Å². The minimum atomic E-state index is -1.10. The third kappa shape index (κ3) is 3.65. The summed E-state index contributed by atoms with van der Waals surface area (Å²) in [6, 6.07) is 8.47. The molecule has 0 aliphatic rings. The minimum Gasteiger partial charge on any atom is -0.478 e. The van der Waals surface area contributed by atoms with E-state index in [0.29, 0.717) is 16.4 Å². The Bertz CT molecular complexity index is 712. The number of hydrogen-bond acceptors (Lipinski definition) is 3. The Morgan fingerprint density at radius 1 is 1.05 bits per heavy atom. The maximum atomic E-state index is 12.1. The van der Waals surface area contributed by atoms with Crippen LogP contribution in [0.15, 0.2) is 36.4 Å². The largest absolute Gasteiger partial charge is 0.478 e. The number of anilines is 2. The first-order valence-corrected chi connectivity index (χ1v) is 6.52. The summed E-state index contributed by atoms with van der Waals surface area (Å²) < 4.78 is 0. The molecule has 0 saturated heterocycles. The van der Waals surface area contributed by atoms with Crippen LogP contribution >= 0.6 is 23.2 Å². The Hall–Kier alpha value is -2.24. The molecule has 2 rings (SSSR count). The van der Waals surface area contributed by atoms with Crippen LogP contribution in [0.25, 0.3) is 0 Å². The lowest BCUT2D eigenvalue weighted by atomic mass is 10.1. The van der Waals surface area contributed by atoms with Gasteiger partial charge in [0.2, 0.25) is 0 Å². The van der Waals surface area contributed by atoms with Crippen LogP contribution in [0.3, 0.4) is 0 Å². The second-order valence-electron chi connectivity index (χ2n) is 4.23. The average Bonchev–Trinajstić information content (AvgIpc) is 2.39. The van der Waals surface area contributed by atoms with Crippen molar-refractivity contribution in [3.8, 4) is 0 Å². The van der Waals surface area contributed by atoms with E-state index in [2.05, 4.69) is 5.32 Å². The molecule has 5 nitrogen and oxygen atoms in total. The molecule has 0 spiro atoms. The number of halogens is 2. The number of nitrogens with one attached hydrogen (secondary N) is 1. The number of carbonyl (C=O) groups excluding carboxylic acids is 1. The van der Waals surface area contributed by atoms with Crippen LogP contribution in [0, 0.1) is 0 Å². The normalized spacial score (nSPS) is 10.2. The van der Waals surface area contributed by atoms with Crippen LogP contribution < -0.4 is 11.1 Å². The van der Waals surface area contributed by atoms with Gasteiger partial charge in [0.25, 0.3) is 5.91 Å². The predicted octanol–water partition coefficient (Wildman–Crippen LogP) is 3.53. The van der Waals surface area contributed by atoms with Gasteiger partial charge in [0.15, 0.2) is 0 Å². The van der Waals surface area contributed by atoms with Crippen molar-refractivity contribution in [3.05, 3.63) is 57.6 Å². The van der Waals surface area contributed by atoms with E-state index in [1.54, 1.807) is 0 Å². The first-order chi connectivity index (χ1) is 9.86. The summed E-state index contributed by atoms with van der Waals surface area (Å²) >= 11 is 11.8. The fourth-order valence-electron chi connectivity index (χ4n) is 1.69. The molecule has 0 saturated carbocycles. The first-order valence-electron chi connectivity index (χ1n) is 5.77. The average molecular weight is 325 g/mol. The lowest BCUT2D eigenvalue weighted by molar-refractivity contribution is 0.0696. The van der Waals surface area contributed by atoms with Crippen LogP contribution in [-0.2, 0) is 0 Å². The van der Waals surface area contributed by atoms with Gasteiger partial charge in [-0.05, 0) is 36.4 Å². The molecule has 0 bridgehead atoms. The fraction of sp³-hybridized carbons (Fsp3) is 0. The summed E-state index contributed by atoms with van der Waals surface area (Å²) in [5.74, 6) is -1.55. The molecule has 0 radical (unpaired) electrons. The number of nitrogen functional groups attached to an aromatic ring is 1. The van der Waals surface area contributed by atoms with Crippen molar-refractivity contribution in [1.29, 1.82) is 0 Å². The molecule has 7 heteroatoms. The summed E-state index contributed by atoms with van der Waals surface area (Å²) in [6.45, 7) is 0. The molecule has 0 aromatic heterocycles. The summed E-state index contributed by atoms with van der Waals surface area (Å²) in [6.07, 6.45) is 0. The zero-order valence-corrected chi connectivity index (χ0v) is 12.1. The highest BCUT2D eigenvalue weighted by atomic mass is 35.5. The number of amides is 1. The molecule has 0 fully saturated rings. The molecule has 0 heterocycles. The molecule has 0 aliphatic carbocycles. The van der Waals surface area contributed by atoms with E-state index >= 15 is 0 Å². The third-order valence-electron chi connectivity index (χ3n) is 2.65. The minimum absolute atomic E-state index is 0.0324. The van der Waals surface area contributed by atoms with Gasteiger partial charge in [0, 0.05) is 16.3 Å². The number of hydrogen-bond donors (Lipinski definition) is 3. The maximum Gasteiger partial charge on any atom is 0.335 e.